The van der Waals surface area contributed by atoms with E-state index in [4.69, 9.17) is 17.0 Å². The van der Waals surface area contributed by atoms with Crippen molar-refractivity contribution >= 4 is 23.4 Å². The topological polar surface area (TPSA) is 48.0 Å². The van der Waals surface area contributed by atoms with Gasteiger partial charge in [0.25, 0.3) is 0 Å². The number of piperidine rings is 1. The fraction of sp³-hybridized carbons (Fsp3) is 0.704. The highest BCUT2D eigenvalue weighted by molar-refractivity contribution is 7.80. The molecule has 1 aromatic rings. The third-order valence-corrected chi connectivity index (χ3v) is 7.21. The molecule has 2 aliphatic rings. The van der Waals surface area contributed by atoms with Crippen LogP contribution in [0.3, 0.4) is 0 Å². The first kappa shape index (κ1) is 26.7. The van der Waals surface area contributed by atoms with Gasteiger partial charge < -0.3 is 24.8 Å². The fourth-order valence-corrected chi connectivity index (χ4v) is 5.53. The average Bonchev–Trinajstić information content (AvgIpc) is 3.08. The van der Waals surface area contributed by atoms with E-state index in [1.165, 1.54) is 5.56 Å². The largest absolute Gasteiger partial charge is 0.444 e. The van der Waals surface area contributed by atoms with Crippen LogP contribution in [-0.4, -0.2) is 76.3 Å². The molecule has 1 amide bonds. The van der Waals surface area contributed by atoms with Crippen LogP contribution in [0.5, 0.6) is 0 Å². The van der Waals surface area contributed by atoms with Crippen LogP contribution in [0.15, 0.2) is 30.3 Å². The van der Waals surface area contributed by atoms with Gasteiger partial charge in [0, 0.05) is 44.8 Å². The standard InChI is InChI=1S/C27H44N4O2S/c1-20(2)18-30-19-24(22-10-8-7-9-11-22)31(26(30)34)23-13-16-29(17-14-23)21(3)12-15-28-25(32)33-27(4,5)6/h7-11,20-21,23-24H,12-19H2,1-6H3,(H,28,32)/t21?,24-/m0/s1. The molecule has 0 saturated carbocycles. The number of carbonyl (C=O) groups excluding carboxylic acids is 1. The summed E-state index contributed by atoms with van der Waals surface area (Å²) in [5.74, 6) is 0.589. The van der Waals surface area contributed by atoms with Gasteiger partial charge in [0.1, 0.15) is 5.60 Å². The lowest BCUT2D eigenvalue weighted by molar-refractivity contribution is 0.0519. The Labute approximate surface area is 212 Å². The van der Waals surface area contributed by atoms with Crippen LogP contribution in [-0.2, 0) is 4.74 Å². The second-order valence-electron chi connectivity index (χ2n) is 11.2. The number of carbonyl (C=O) groups is 1. The molecule has 2 atom stereocenters. The molecule has 1 N–H and O–H groups in total. The second-order valence-corrected chi connectivity index (χ2v) is 11.6. The molecule has 2 fully saturated rings. The number of amides is 1. The van der Waals surface area contributed by atoms with E-state index in [1.54, 1.807) is 0 Å². The second kappa shape index (κ2) is 11.7. The van der Waals surface area contributed by atoms with Crippen molar-refractivity contribution in [2.45, 2.75) is 84.5 Å². The maximum absolute atomic E-state index is 11.9. The van der Waals surface area contributed by atoms with Gasteiger partial charge in [-0.15, -0.1) is 0 Å². The van der Waals surface area contributed by atoms with Crippen molar-refractivity contribution in [2.75, 3.05) is 32.7 Å². The van der Waals surface area contributed by atoms with Crippen molar-refractivity contribution in [2.24, 2.45) is 5.92 Å². The summed E-state index contributed by atoms with van der Waals surface area (Å²) in [5, 5.41) is 3.92. The van der Waals surface area contributed by atoms with E-state index in [1.807, 2.05) is 20.8 Å². The van der Waals surface area contributed by atoms with E-state index in [9.17, 15) is 4.79 Å². The molecule has 2 heterocycles. The summed E-state index contributed by atoms with van der Waals surface area (Å²) in [6.45, 7) is 17.2. The molecule has 34 heavy (non-hydrogen) atoms. The number of hydrogen-bond donors (Lipinski definition) is 1. The summed E-state index contributed by atoms with van der Waals surface area (Å²) in [6.07, 6.45) is 2.81. The van der Waals surface area contributed by atoms with E-state index in [2.05, 4.69) is 71.1 Å². The molecular weight excluding hydrogens is 444 g/mol. The van der Waals surface area contributed by atoms with Gasteiger partial charge in [0.05, 0.1) is 6.04 Å². The highest BCUT2D eigenvalue weighted by atomic mass is 32.1. The van der Waals surface area contributed by atoms with Gasteiger partial charge in [-0.3, -0.25) is 0 Å². The third-order valence-electron chi connectivity index (χ3n) is 6.74. The molecular formula is C27H44N4O2S. The number of benzene rings is 1. The minimum Gasteiger partial charge on any atom is -0.444 e. The van der Waals surface area contributed by atoms with Crippen LogP contribution in [0.4, 0.5) is 4.79 Å². The van der Waals surface area contributed by atoms with Crippen LogP contribution in [0, 0.1) is 5.92 Å². The van der Waals surface area contributed by atoms with Crippen molar-refractivity contribution in [1.29, 1.82) is 0 Å². The molecule has 190 valence electrons. The monoisotopic (exact) mass is 488 g/mol. The Morgan fingerprint density at radius 1 is 1.15 bits per heavy atom. The quantitative estimate of drug-likeness (QED) is 0.517. The maximum Gasteiger partial charge on any atom is 0.407 e. The molecule has 2 aliphatic heterocycles. The number of likely N-dealkylation sites (tertiary alicyclic amines) is 1. The Morgan fingerprint density at radius 3 is 2.38 bits per heavy atom. The molecule has 0 bridgehead atoms. The summed E-state index contributed by atoms with van der Waals surface area (Å²) in [6, 6.07) is 12.1. The number of alkyl carbamates (subject to hydrolysis) is 1. The van der Waals surface area contributed by atoms with Gasteiger partial charge in [-0.25, -0.2) is 4.79 Å². The van der Waals surface area contributed by atoms with Gasteiger partial charge in [0.2, 0.25) is 0 Å². The van der Waals surface area contributed by atoms with Gasteiger partial charge in [-0.05, 0) is 70.7 Å². The Morgan fingerprint density at radius 2 is 1.79 bits per heavy atom. The molecule has 3 rings (SSSR count). The van der Waals surface area contributed by atoms with Crippen LogP contribution in [0.2, 0.25) is 0 Å². The zero-order valence-corrected chi connectivity index (χ0v) is 22.7. The lowest BCUT2D eigenvalue weighted by atomic mass is 9.98. The van der Waals surface area contributed by atoms with Crippen molar-refractivity contribution in [1.82, 2.24) is 20.0 Å². The first-order valence-corrected chi connectivity index (χ1v) is 13.3. The van der Waals surface area contributed by atoms with Crippen LogP contribution >= 0.6 is 12.2 Å². The van der Waals surface area contributed by atoms with Gasteiger partial charge >= 0.3 is 6.09 Å². The zero-order chi connectivity index (χ0) is 24.9. The first-order valence-electron chi connectivity index (χ1n) is 12.9. The molecule has 0 spiro atoms. The predicted octanol–water partition coefficient (Wildman–Crippen LogP) is 5.05. The number of ether oxygens (including phenoxy) is 1. The maximum atomic E-state index is 11.9. The van der Waals surface area contributed by atoms with Crippen molar-refractivity contribution < 1.29 is 9.53 Å². The molecule has 7 heteroatoms. The number of thiocarbonyl (C=S) groups is 1. The van der Waals surface area contributed by atoms with Crippen molar-refractivity contribution in [3.63, 3.8) is 0 Å². The van der Waals surface area contributed by atoms with E-state index < -0.39 is 5.60 Å². The number of hydrogen-bond acceptors (Lipinski definition) is 4. The van der Waals surface area contributed by atoms with Crippen LogP contribution in [0.1, 0.15) is 72.4 Å². The molecule has 0 radical (unpaired) electrons. The SMILES string of the molecule is CC(C)CN1C[C@@H](c2ccccc2)N(C2CCN(C(C)CCNC(=O)OC(C)(C)C)CC2)C1=S. The van der Waals surface area contributed by atoms with E-state index in [-0.39, 0.29) is 6.09 Å². The summed E-state index contributed by atoms with van der Waals surface area (Å²) < 4.78 is 5.34. The smallest absolute Gasteiger partial charge is 0.407 e. The number of nitrogens with one attached hydrogen (secondary N) is 1. The summed E-state index contributed by atoms with van der Waals surface area (Å²) in [7, 11) is 0. The normalized spacial score (nSPS) is 21.3. The number of rotatable bonds is 8. The molecule has 6 nitrogen and oxygen atoms in total. The van der Waals surface area contributed by atoms with E-state index in [0.29, 0.717) is 30.6 Å². The van der Waals surface area contributed by atoms with Crippen LogP contribution in [0.25, 0.3) is 0 Å². The highest BCUT2D eigenvalue weighted by Gasteiger charge is 2.40. The lowest BCUT2D eigenvalue weighted by Gasteiger charge is -2.42. The minimum absolute atomic E-state index is 0.333. The predicted molar refractivity (Wildman–Crippen MR) is 143 cm³/mol. The van der Waals surface area contributed by atoms with E-state index >= 15 is 0 Å². The molecule has 1 unspecified atom stereocenters. The summed E-state index contributed by atoms with van der Waals surface area (Å²) in [5.41, 5.74) is 0.899. The molecule has 1 aromatic carbocycles. The zero-order valence-electron chi connectivity index (χ0n) is 21.9. The molecule has 0 aromatic heterocycles. The Balaban J connectivity index is 1.55. The molecule has 0 aliphatic carbocycles. The Kier molecular flexibility index (Phi) is 9.21. The fourth-order valence-electron chi connectivity index (χ4n) is 5.10. The van der Waals surface area contributed by atoms with Crippen molar-refractivity contribution in [3.05, 3.63) is 35.9 Å². The van der Waals surface area contributed by atoms with Crippen molar-refractivity contribution in [3.8, 4) is 0 Å². The highest BCUT2D eigenvalue weighted by Crippen LogP contribution is 2.35. The Bertz CT molecular complexity index is 803. The molecule has 2 saturated heterocycles. The third kappa shape index (κ3) is 7.32. The summed E-state index contributed by atoms with van der Waals surface area (Å²) in [4.78, 5) is 19.4. The summed E-state index contributed by atoms with van der Waals surface area (Å²) >= 11 is 6.02. The minimum atomic E-state index is -0.462. The van der Waals surface area contributed by atoms with Gasteiger partial charge in [-0.1, -0.05) is 44.2 Å². The van der Waals surface area contributed by atoms with E-state index in [0.717, 1.165) is 50.6 Å². The van der Waals surface area contributed by atoms with Gasteiger partial charge in [-0.2, -0.15) is 0 Å². The van der Waals surface area contributed by atoms with Gasteiger partial charge in [0.15, 0.2) is 5.11 Å². The van der Waals surface area contributed by atoms with Crippen LogP contribution < -0.4 is 5.32 Å². The number of nitrogens with zero attached hydrogens (tertiary/aromatic N) is 3. The average molecular weight is 489 g/mol. The first-order chi connectivity index (χ1) is 16.0. The lowest BCUT2D eigenvalue weighted by Crippen LogP contribution is -2.49. The Hall–Kier alpha value is -1.86.